The summed E-state index contributed by atoms with van der Waals surface area (Å²) < 4.78 is 5.29. The summed E-state index contributed by atoms with van der Waals surface area (Å²) in [4.78, 5) is 20.3. The molecule has 8 nitrogen and oxygen atoms in total. The molecular weight excluding hydrogens is 450 g/mol. The largest absolute Gasteiger partial charge is 0.472 e. The molecule has 7 rings (SSSR count). The molecule has 36 heavy (non-hydrogen) atoms. The first kappa shape index (κ1) is 21.0. The fourth-order valence-electron chi connectivity index (χ4n) is 5.11. The van der Waals surface area contributed by atoms with E-state index in [2.05, 4.69) is 31.1 Å². The van der Waals surface area contributed by atoms with Crippen LogP contribution in [0.15, 0.2) is 71.8 Å². The van der Waals surface area contributed by atoms with Crippen LogP contribution in [-0.2, 0) is 6.54 Å². The van der Waals surface area contributed by atoms with Crippen molar-refractivity contribution < 1.29 is 4.42 Å². The van der Waals surface area contributed by atoms with E-state index in [1.54, 1.807) is 12.5 Å². The lowest BCUT2D eigenvalue weighted by Gasteiger charge is -2.26. The Morgan fingerprint density at radius 3 is 2.72 bits per heavy atom. The quantitative estimate of drug-likeness (QED) is 0.326. The number of furan rings is 1. The van der Waals surface area contributed by atoms with E-state index >= 15 is 0 Å². The van der Waals surface area contributed by atoms with Crippen LogP contribution in [0.1, 0.15) is 24.8 Å². The maximum absolute atomic E-state index is 5.29. The smallest absolute Gasteiger partial charge is 0.161 e. The number of aromatic amines is 2. The van der Waals surface area contributed by atoms with E-state index in [0.717, 1.165) is 64.1 Å². The molecular formula is C28H25N7O. The van der Waals surface area contributed by atoms with E-state index in [1.165, 1.54) is 24.8 Å². The van der Waals surface area contributed by atoms with Gasteiger partial charge >= 0.3 is 0 Å². The normalized spacial score (nSPS) is 14.7. The molecule has 0 saturated carbocycles. The van der Waals surface area contributed by atoms with Crippen molar-refractivity contribution >= 4 is 22.1 Å². The minimum atomic E-state index is 0.675. The highest BCUT2D eigenvalue weighted by molar-refractivity contribution is 5.96. The molecule has 1 aliphatic rings. The lowest BCUT2D eigenvalue weighted by atomic mass is 10.1. The number of H-pyrrole nitrogens is 2. The van der Waals surface area contributed by atoms with Crippen molar-refractivity contribution in [1.82, 2.24) is 35.0 Å². The molecule has 0 atom stereocenters. The second kappa shape index (κ2) is 8.73. The lowest BCUT2D eigenvalue weighted by Crippen LogP contribution is -2.29. The second-order valence-electron chi connectivity index (χ2n) is 9.38. The van der Waals surface area contributed by atoms with Crippen molar-refractivity contribution in [2.75, 3.05) is 13.1 Å². The molecule has 0 amide bonds. The fourth-order valence-corrected chi connectivity index (χ4v) is 5.11. The average molecular weight is 476 g/mol. The van der Waals surface area contributed by atoms with Crippen LogP contribution in [0, 0.1) is 0 Å². The molecule has 2 N–H and O–H groups in total. The van der Waals surface area contributed by atoms with E-state index in [0.29, 0.717) is 11.5 Å². The molecule has 0 unspecified atom stereocenters. The fraction of sp³-hybridized carbons (Fsp3) is 0.214. The zero-order valence-corrected chi connectivity index (χ0v) is 19.7. The summed E-state index contributed by atoms with van der Waals surface area (Å²) >= 11 is 0. The van der Waals surface area contributed by atoms with E-state index in [-0.39, 0.29) is 0 Å². The molecule has 1 aliphatic heterocycles. The van der Waals surface area contributed by atoms with Crippen molar-refractivity contribution in [3.63, 3.8) is 0 Å². The number of hydrogen-bond donors (Lipinski definition) is 2. The van der Waals surface area contributed by atoms with Gasteiger partial charge in [-0.05, 0) is 61.8 Å². The van der Waals surface area contributed by atoms with Gasteiger partial charge in [-0.2, -0.15) is 5.10 Å². The molecule has 1 aromatic carbocycles. The highest BCUT2D eigenvalue weighted by Crippen LogP contribution is 2.32. The number of imidazole rings is 1. The topological polar surface area (TPSA) is 99.5 Å². The van der Waals surface area contributed by atoms with Gasteiger partial charge in [0.1, 0.15) is 5.52 Å². The van der Waals surface area contributed by atoms with E-state index < -0.39 is 0 Å². The molecule has 0 bridgehead atoms. The third-order valence-corrected chi connectivity index (χ3v) is 6.92. The predicted octanol–water partition coefficient (Wildman–Crippen LogP) is 5.81. The summed E-state index contributed by atoms with van der Waals surface area (Å²) in [6, 6.07) is 14.2. The summed E-state index contributed by atoms with van der Waals surface area (Å²) in [5, 5.41) is 7.67. The van der Waals surface area contributed by atoms with Gasteiger partial charge in [-0.1, -0.05) is 18.6 Å². The van der Waals surface area contributed by atoms with Gasteiger partial charge in [0.25, 0.3) is 0 Å². The maximum atomic E-state index is 5.29. The van der Waals surface area contributed by atoms with Gasteiger partial charge in [-0.3, -0.25) is 15.0 Å². The second-order valence-corrected chi connectivity index (χ2v) is 9.38. The Morgan fingerprint density at radius 2 is 1.83 bits per heavy atom. The minimum Gasteiger partial charge on any atom is -0.472 e. The molecule has 5 aromatic heterocycles. The van der Waals surface area contributed by atoms with Crippen molar-refractivity contribution in [3.8, 4) is 33.9 Å². The highest BCUT2D eigenvalue weighted by Gasteiger charge is 2.17. The summed E-state index contributed by atoms with van der Waals surface area (Å²) in [7, 11) is 0. The molecule has 0 radical (unpaired) electrons. The van der Waals surface area contributed by atoms with Gasteiger partial charge in [0.15, 0.2) is 11.5 Å². The van der Waals surface area contributed by atoms with Crippen LogP contribution in [0.4, 0.5) is 0 Å². The Labute approximate surface area is 207 Å². The zero-order valence-electron chi connectivity index (χ0n) is 19.7. The Bertz CT molecular complexity index is 1660. The molecule has 1 fully saturated rings. The van der Waals surface area contributed by atoms with Crippen LogP contribution in [0.5, 0.6) is 0 Å². The lowest BCUT2D eigenvalue weighted by molar-refractivity contribution is 0.220. The molecule has 6 aromatic rings. The number of para-hydroxylation sites is 1. The van der Waals surface area contributed by atoms with E-state index in [9.17, 15) is 0 Å². The van der Waals surface area contributed by atoms with Crippen LogP contribution in [0.2, 0.25) is 0 Å². The van der Waals surface area contributed by atoms with Crippen molar-refractivity contribution in [2.24, 2.45) is 0 Å². The monoisotopic (exact) mass is 475 g/mol. The number of aromatic nitrogens is 6. The number of nitrogens with zero attached hydrogens (tertiary/aromatic N) is 5. The maximum Gasteiger partial charge on any atom is 0.161 e. The average Bonchev–Trinajstić information content (AvgIpc) is 3.68. The van der Waals surface area contributed by atoms with Crippen molar-refractivity contribution in [3.05, 3.63) is 72.9 Å². The minimum absolute atomic E-state index is 0.675. The van der Waals surface area contributed by atoms with Gasteiger partial charge in [-0.25, -0.2) is 9.97 Å². The molecule has 8 heteroatoms. The number of likely N-dealkylation sites (tertiary alicyclic amines) is 1. The number of rotatable bonds is 5. The van der Waals surface area contributed by atoms with Crippen LogP contribution >= 0.6 is 0 Å². The van der Waals surface area contributed by atoms with E-state index in [1.807, 2.05) is 48.8 Å². The summed E-state index contributed by atoms with van der Waals surface area (Å²) in [5.74, 6) is 0.675. The van der Waals surface area contributed by atoms with Crippen molar-refractivity contribution in [1.29, 1.82) is 0 Å². The number of piperidine rings is 1. The van der Waals surface area contributed by atoms with Crippen LogP contribution in [0.25, 0.3) is 56.0 Å². The third-order valence-electron chi connectivity index (χ3n) is 6.92. The number of benzene rings is 1. The van der Waals surface area contributed by atoms with Crippen LogP contribution in [-0.4, -0.2) is 48.1 Å². The zero-order chi connectivity index (χ0) is 23.9. The summed E-state index contributed by atoms with van der Waals surface area (Å²) in [6.07, 6.45) is 11.1. The summed E-state index contributed by atoms with van der Waals surface area (Å²) in [6.45, 7) is 3.25. The Balaban J connectivity index is 1.26. The predicted molar refractivity (Wildman–Crippen MR) is 139 cm³/mol. The Hall–Kier alpha value is -4.30. The molecule has 0 aliphatic carbocycles. The Kier molecular flexibility index (Phi) is 5.10. The molecule has 178 valence electrons. The van der Waals surface area contributed by atoms with E-state index in [4.69, 9.17) is 14.4 Å². The third kappa shape index (κ3) is 3.76. The van der Waals surface area contributed by atoms with Gasteiger partial charge in [-0.15, -0.1) is 0 Å². The number of pyridine rings is 2. The number of hydrogen-bond acceptors (Lipinski definition) is 6. The molecule has 0 spiro atoms. The SMILES string of the molecule is c1cc(-c2ccoc2)c2nc(-c3n[nH]c4ccc(-c5cncc(CN6CCCCC6)c5)nc34)[nH]c2c1. The number of nitrogens with one attached hydrogen (secondary N) is 2. The standard InChI is InChI=1S/C28H25N7O/c1-2-10-35(11-3-1)16-18-13-20(15-29-14-18)22-7-8-24-26(30-22)27(34-33-24)28-31-23-6-4-5-21(25(23)32-28)19-9-12-36-17-19/h4-9,12-15,17H,1-3,10-11,16H2,(H,31,32)(H,33,34). The van der Waals surface area contributed by atoms with Gasteiger partial charge < -0.3 is 9.40 Å². The first-order chi connectivity index (χ1) is 17.8. The van der Waals surface area contributed by atoms with Gasteiger partial charge in [0.05, 0.1) is 34.8 Å². The van der Waals surface area contributed by atoms with Gasteiger partial charge in [0, 0.05) is 35.6 Å². The van der Waals surface area contributed by atoms with Crippen LogP contribution < -0.4 is 0 Å². The van der Waals surface area contributed by atoms with Crippen LogP contribution in [0.3, 0.4) is 0 Å². The highest BCUT2D eigenvalue weighted by atomic mass is 16.3. The first-order valence-corrected chi connectivity index (χ1v) is 12.4. The summed E-state index contributed by atoms with van der Waals surface area (Å²) in [5.41, 5.74) is 9.22. The molecule has 1 saturated heterocycles. The Morgan fingerprint density at radius 1 is 0.889 bits per heavy atom. The van der Waals surface area contributed by atoms with Gasteiger partial charge in [0.2, 0.25) is 0 Å². The molecule has 6 heterocycles. The van der Waals surface area contributed by atoms with Crippen molar-refractivity contribution in [2.45, 2.75) is 25.8 Å². The first-order valence-electron chi connectivity index (χ1n) is 12.4. The number of fused-ring (bicyclic) bond motifs is 2.